The van der Waals surface area contributed by atoms with Crippen molar-refractivity contribution in [2.75, 3.05) is 39.5 Å². The predicted molar refractivity (Wildman–Crippen MR) is 90.9 cm³/mol. The number of carboxylic acids is 2. The number of rotatable bonds is 4. The molecule has 0 atom stereocenters. The van der Waals surface area contributed by atoms with Crippen LogP contribution in [0.3, 0.4) is 0 Å². The summed E-state index contributed by atoms with van der Waals surface area (Å²) in [5.74, 6) is -4.08. The number of carboxylic acid groups (broad SMARTS) is 2. The van der Waals surface area contributed by atoms with Gasteiger partial charge in [0.15, 0.2) is 15.8 Å². The van der Waals surface area contributed by atoms with Crippen molar-refractivity contribution in [2.24, 2.45) is 0 Å². The molecule has 26 heavy (non-hydrogen) atoms. The zero-order valence-corrected chi connectivity index (χ0v) is 15.0. The number of hydrogen-bond donors (Lipinski definition) is 2. The maximum absolute atomic E-state index is 12.1. The molecule has 1 aliphatic heterocycles. The minimum Gasteiger partial charge on any atom is -0.473 e. The van der Waals surface area contributed by atoms with Crippen molar-refractivity contribution >= 4 is 45.8 Å². The summed E-state index contributed by atoms with van der Waals surface area (Å²) < 4.78 is 12.2. The van der Waals surface area contributed by atoms with Crippen molar-refractivity contribution in [1.82, 2.24) is 14.3 Å². The van der Waals surface area contributed by atoms with Crippen LogP contribution in [-0.4, -0.2) is 81.9 Å². The topological polar surface area (TPSA) is 131 Å². The quantitative estimate of drug-likeness (QED) is 0.557. The van der Waals surface area contributed by atoms with Gasteiger partial charge in [0.05, 0.1) is 13.2 Å². The monoisotopic (exact) mass is 405 g/mol. The van der Waals surface area contributed by atoms with Gasteiger partial charge in [0, 0.05) is 31.2 Å². The molecule has 0 aliphatic carbocycles. The molecule has 3 rings (SSSR count). The number of halogens is 1. The zero-order chi connectivity index (χ0) is 19.1. The standard InChI is InChI=1S/C12H14ClN3O3S.C2H2O4/c13-10-9(16-4-8-20-12(16)14-10)11(17)19-7-3-15-1-5-18-6-2-15;3-1(4)2(5)6/h4,8H,1-3,5-7H2;(H,3,4)(H,5,6). The summed E-state index contributed by atoms with van der Waals surface area (Å²) in [6.07, 6.45) is 1.76. The van der Waals surface area contributed by atoms with Gasteiger partial charge < -0.3 is 19.7 Å². The molecule has 142 valence electrons. The van der Waals surface area contributed by atoms with E-state index >= 15 is 0 Å². The Morgan fingerprint density at radius 3 is 2.54 bits per heavy atom. The number of aromatic nitrogens is 2. The summed E-state index contributed by atoms with van der Waals surface area (Å²) in [7, 11) is 0. The largest absolute Gasteiger partial charge is 0.473 e. The lowest BCUT2D eigenvalue weighted by atomic mass is 10.4. The highest BCUT2D eigenvalue weighted by atomic mass is 35.5. The second-order valence-corrected chi connectivity index (χ2v) is 6.24. The van der Waals surface area contributed by atoms with E-state index in [4.69, 9.17) is 40.9 Å². The Labute approximate surface area is 156 Å². The smallest absolute Gasteiger partial charge is 0.414 e. The lowest BCUT2D eigenvalue weighted by molar-refractivity contribution is -0.159. The van der Waals surface area contributed by atoms with Crippen molar-refractivity contribution < 1.29 is 34.1 Å². The van der Waals surface area contributed by atoms with Crippen molar-refractivity contribution in [3.05, 3.63) is 22.4 Å². The minimum absolute atomic E-state index is 0.188. The molecule has 0 bridgehead atoms. The number of carbonyl (C=O) groups excluding carboxylic acids is 1. The van der Waals surface area contributed by atoms with Gasteiger partial charge in [0.25, 0.3) is 0 Å². The summed E-state index contributed by atoms with van der Waals surface area (Å²) in [6, 6.07) is 0. The van der Waals surface area contributed by atoms with Gasteiger partial charge in [-0.3, -0.25) is 9.30 Å². The fraction of sp³-hybridized carbons (Fsp3) is 0.429. The average molecular weight is 406 g/mol. The van der Waals surface area contributed by atoms with Gasteiger partial charge in [-0.2, -0.15) is 0 Å². The third kappa shape index (κ3) is 5.39. The first-order valence-corrected chi connectivity index (χ1v) is 8.70. The number of esters is 1. The molecule has 3 heterocycles. The van der Waals surface area contributed by atoms with Crippen LogP contribution in [0.4, 0.5) is 0 Å². The molecule has 0 spiro atoms. The SMILES string of the molecule is O=C(O)C(=O)O.O=C(OCCN1CCOCC1)c1c(Cl)nc2sccn12. The number of carbonyl (C=O) groups is 3. The van der Waals surface area contributed by atoms with Gasteiger partial charge in [-0.15, -0.1) is 11.3 Å². The normalized spacial score (nSPS) is 14.5. The molecule has 0 amide bonds. The first-order valence-electron chi connectivity index (χ1n) is 7.44. The summed E-state index contributed by atoms with van der Waals surface area (Å²) >= 11 is 7.40. The Bertz CT molecular complexity index is 773. The number of nitrogens with zero attached hydrogens (tertiary/aromatic N) is 3. The molecular weight excluding hydrogens is 390 g/mol. The van der Waals surface area contributed by atoms with Crippen LogP contribution < -0.4 is 0 Å². The molecule has 12 heteroatoms. The van der Waals surface area contributed by atoms with Crippen molar-refractivity contribution in [1.29, 1.82) is 0 Å². The van der Waals surface area contributed by atoms with Crippen LogP contribution in [0.25, 0.3) is 4.96 Å². The Morgan fingerprint density at radius 2 is 1.92 bits per heavy atom. The summed E-state index contributed by atoms with van der Waals surface area (Å²) in [5.41, 5.74) is 0.296. The van der Waals surface area contributed by atoms with E-state index in [0.29, 0.717) is 23.8 Å². The molecule has 0 saturated carbocycles. The Balaban J connectivity index is 0.000000352. The Kier molecular flexibility index (Phi) is 7.33. The van der Waals surface area contributed by atoms with Crippen molar-refractivity contribution in [3.8, 4) is 0 Å². The molecule has 0 aromatic carbocycles. The summed E-state index contributed by atoms with van der Waals surface area (Å²) in [5, 5.41) is 16.8. The predicted octanol–water partition coefficient (Wildman–Crippen LogP) is 0.694. The molecule has 0 unspecified atom stereocenters. The first kappa shape index (κ1) is 20.1. The van der Waals surface area contributed by atoms with E-state index in [-0.39, 0.29) is 5.15 Å². The average Bonchev–Trinajstić information content (AvgIpc) is 3.16. The third-order valence-corrected chi connectivity index (χ3v) is 4.36. The second kappa shape index (κ2) is 9.48. The van der Waals surface area contributed by atoms with Gasteiger partial charge >= 0.3 is 17.9 Å². The lowest BCUT2D eigenvalue weighted by Gasteiger charge is -2.26. The van der Waals surface area contributed by atoms with Gasteiger partial charge in [0.2, 0.25) is 0 Å². The molecule has 2 aromatic heterocycles. The van der Waals surface area contributed by atoms with Gasteiger partial charge in [0.1, 0.15) is 6.61 Å². The maximum atomic E-state index is 12.1. The van der Waals surface area contributed by atoms with Crippen LogP contribution in [0.2, 0.25) is 5.15 Å². The highest BCUT2D eigenvalue weighted by molar-refractivity contribution is 7.15. The van der Waals surface area contributed by atoms with Crippen molar-refractivity contribution in [3.63, 3.8) is 0 Å². The number of thiazole rings is 1. The zero-order valence-electron chi connectivity index (χ0n) is 13.5. The highest BCUT2D eigenvalue weighted by Gasteiger charge is 2.20. The number of imidazole rings is 1. The van der Waals surface area contributed by atoms with Crippen LogP contribution in [-0.2, 0) is 19.1 Å². The fourth-order valence-electron chi connectivity index (χ4n) is 2.10. The molecule has 2 N–H and O–H groups in total. The summed E-state index contributed by atoms with van der Waals surface area (Å²) in [4.78, 5) is 37.3. The van der Waals surface area contributed by atoms with Crippen LogP contribution in [0, 0.1) is 0 Å². The van der Waals surface area contributed by atoms with Crippen molar-refractivity contribution in [2.45, 2.75) is 0 Å². The minimum atomic E-state index is -1.82. The van der Waals surface area contributed by atoms with E-state index in [1.54, 1.807) is 10.6 Å². The van der Waals surface area contributed by atoms with E-state index < -0.39 is 17.9 Å². The van der Waals surface area contributed by atoms with Crippen LogP contribution in [0.15, 0.2) is 11.6 Å². The maximum Gasteiger partial charge on any atom is 0.414 e. The first-order chi connectivity index (χ1) is 12.4. The number of morpholine rings is 1. The number of fused-ring (bicyclic) bond motifs is 1. The molecule has 10 nitrogen and oxygen atoms in total. The Morgan fingerprint density at radius 1 is 1.27 bits per heavy atom. The fourth-order valence-corrected chi connectivity index (χ4v) is 3.11. The molecule has 1 fully saturated rings. The second-order valence-electron chi connectivity index (χ2n) is 5.01. The van der Waals surface area contributed by atoms with E-state index in [1.165, 1.54) is 11.3 Å². The molecule has 1 aliphatic rings. The number of hydrogen-bond acceptors (Lipinski definition) is 8. The molecular formula is C14H16ClN3O7S. The number of ether oxygens (including phenoxy) is 2. The highest BCUT2D eigenvalue weighted by Crippen LogP contribution is 2.21. The number of aliphatic carboxylic acids is 2. The van der Waals surface area contributed by atoms with Gasteiger partial charge in [-0.25, -0.2) is 19.4 Å². The van der Waals surface area contributed by atoms with E-state index in [2.05, 4.69) is 9.88 Å². The van der Waals surface area contributed by atoms with Crippen LogP contribution >= 0.6 is 22.9 Å². The van der Waals surface area contributed by atoms with E-state index in [9.17, 15) is 4.79 Å². The van der Waals surface area contributed by atoms with E-state index in [0.717, 1.165) is 26.3 Å². The Hall–Kier alpha value is -2.21. The molecule has 2 aromatic rings. The molecule has 1 saturated heterocycles. The van der Waals surface area contributed by atoms with Gasteiger partial charge in [-0.1, -0.05) is 11.6 Å². The van der Waals surface area contributed by atoms with E-state index in [1.807, 2.05) is 5.38 Å². The molecule has 0 radical (unpaired) electrons. The summed E-state index contributed by atoms with van der Waals surface area (Å²) in [6.45, 7) is 4.26. The van der Waals surface area contributed by atoms with Crippen LogP contribution in [0.1, 0.15) is 10.5 Å². The van der Waals surface area contributed by atoms with Gasteiger partial charge in [-0.05, 0) is 0 Å². The third-order valence-electron chi connectivity index (χ3n) is 3.34. The van der Waals surface area contributed by atoms with Crippen LogP contribution in [0.5, 0.6) is 0 Å². The lowest BCUT2D eigenvalue weighted by Crippen LogP contribution is -2.38.